The van der Waals surface area contributed by atoms with Gasteiger partial charge in [-0.1, -0.05) is 0 Å². The minimum Gasteiger partial charge on any atom is -0.345 e. The molecule has 1 rings (SSSR count). The van der Waals surface area contributed by atoms with Crippen LogP contribution in [0.3, 0.4) is 0 Å². The lowest BCUT2D eigenvalue weighted by Crippen LogP contribution is -2.35. The van der Waals surface area contributed by atoms with Crippen LogP contribution < -0.4 is 5.32 Å². The van der Waals surface area contributed by atoms with Crippen molar-refractivity contribution < 1.29 is 4.79 Å². The van der Waals surface area contributed by atoms with Gasteiger partial charge in [0.2, 0.25) is 11.9 Å². The standard InChI is InChI=1S/C12H17N5O/c1-4-17(5-2)11(18)8-14-12-15-9(3)6-10(7-13)16-12/h6H,4-5,8H2,1-3H3,(H,14,15,16). The first-order valence-electron chi connectivity index (χ1n) is 5.88. The molecule has 1 amide bonds. The van der Waals surface area contributed by atoms with Crippen LogP contribution in [0.5, 0.6) is 0 Å². The molecule has 0 aromatic carbocycles. The number of likely N-dealkylation sites (N-methyl/N-ethyl adjacent to an activating group) is 1. The van der Waals surface area contributed by atoms with Crippen LogP contribution >= 0.6 is 0 Å². The summed E-state index contributed by atoms with van der Waals surface area (Å²) in [4.78, 5) is 21.6. The second kappa shape index (κ2) is 6.55. The Morgan fingerprint density at radius 2 is 2.11 bits per heavy atom. The minimum atomic E-state index is -0.0105. The lowest BCUT2D eigenvalue weighted by molar-refractivity contribution is -0.128. The predicted octanol–water partition coefficient (Wildman–Crippen LogP) is 0.937. The van der Waals surface area contributed by atoms with Crippen LogP contribution in [-0.4, -0.2) is 40.4 Å². The van der Waals surface area contributed by atoms with E-state index in [0.717, 1.165) is 0 Å². The van der Waals surface area contributed by atoms with E-state index in [2.05, 4.69) is 15.3 Å². The minimum absolute atomic E-state index is 0.0105. The highest BCUT2D eigenvalue weighted by atomic mass is 16.2. The molecule has 96 valence electrons. The van der Waals surface area contributed by atoms with E-state index in [-0.39, 0.29) is 12.5 Å². The van der Waals surface area contributed by atoms with E-state index in [4.69, 9.17) is 5.26 Å². The summed E-state index contributed by atoms with van der Waals surface area (Å²) < 4.78 is 0. The summed E-state index contributed by atoms with van der Waals surface area (Å²) in [5, 5.41) is 11.6. The number of carbonyl (C=O) groups excluding carboxylic acids is 1. The highest BCUT2D eigenvalue weighted by Crippen LogP contribution is 2.03. The SMILES string of the molecule is CCN(CC)C(=O)CNc1nc(C)cc(C#N)n1. The van der Waals surface area contributed by atoms with Gasteiger partial charge in [0.25, 0.3) is 0 Å². The van der Waals surface area contributed by atoms with Gasteiger partial charge in [-0.05, 0) is 26.8 Å². The van der Waals surface area contributed by atoms with Gasteiger partial charge in [0, 0.05) is 18.8 Å². The van der Waals surface area contributed by atoms with Crippen LogP contribution in [0.25, 0.3) is 0 Å². The van der Waals surface area contributed by atoms with Crippen molar-refractivity contribution >= 4 is 11.9 Å². The summed E-state index contributed by atoms with van der Waals surface area (Å²) in [6, 6.07) is 3.55. The van der Waals surface area contributed by atoms with Crippen molar-refractivity contribution in [3.63, 3.8) is 0 Å². The van der Waals surface area contributed by atoms with E-state index in [0.29, 0.717) is 30.4 Å². The summed E-state index contributed by atoms with van der Waals surface area (Å²) in [5.41, 5.74) is 0.986. The van der Waals surface area contributed by atoms with Gasteiger partial charge >= 0.3 is 0 Å². The molecular formula is C12H17N5O. The summed E-state index contributed by atoms with van der Waals surface area (Å²) in [6.07, 6.45) is 0. The first-order chi connectivity index (χ1) is 8.60. The van der Waals surface area contributed by atoms with Gasteiger partial charge in [0.1, 0.15) is 11.8 Å². The molecule has 1 N–H and O–H groups in total. The third-order valence-corrected chi connectivity index (χ3v) is 2.48. The molecule has 0 aliphatic heterocycles. The van der Waals surface area contributed by atoms with Crippen molar-refractivity contribution in [1.29, 1.82) is 5.26 Å². The number of nitrogens with zero attached hydrogens (tertiary/aromatic N) is 4. The van der Waals surface area contributed by atoms with E-state index in [1.54, 1.807) is 17.9 Å². The zero-order valence-corrected chi connectivity index (χ0v) is 10.9. The second-order valence-electron chi connectivity index (χ2n) is 3.75. The smallest absolute Gasteiger partial charge is 0.241 e. The summed E-state index contributed by atoms with van der Waals surface area (Å²) in [7, 11) is 0. The molecule has 0 saturated heterocycles. The molecule has 6 heteroatoms. The molecular weight excluding hydrogens is 230 g/mol. The Hall–Kier alpha value is -2.16. The number of nitriles is 1. The quantitative estimate of drug-likeness (QED) is 0.837. The van der Waals surface area contributed by atoms with E-state index in [1.807, 2.05) is 19.9 Å². The fourth-order valence-corrected chi connectivity index (χ4v) is 1.55. The molecule has 1 aromatic rings. The molecule has 0 radical (unpaired) electrons. The largest absolute Gasteiger partial charge is 0.345 e. The topological polar surface area (TPSA) is 81.9 Å². The zero-order chi connectivity index (χ0) is 13.5. The lowest BCUT2D eigenvalue weighted by atomic mass is 10.3. The van der Waals surface area contributed by atoms with Gasteiger partial charge in [0.05, 0.1) is 6.54 Å². The Morgan fingerprint density at radius 1 is 1.44 bits per heavy atom. The molecule has 0 saturated carbocycles. The number of aryl methyl sites for hydroxylation is 1. The molecule has 0 spiro atoms. The van der Waals surface area contributed by atoms with Crippen LogP contribution in [0, 0.1) is 18.3 Å². The van der Waals surface area contributed by atoms with Gasteiger partial charge in [0.15, 0.2) is 0 Å². The maximum Gasteiger partial charge on any atom is 0.241 e. The maximum atomic E-state index is 11.8. The fourth-order valence-electron chi connectivity index (χ4n) is 1.55. The molecule has 0 bridgehead atoms. The summed E-state index contributed by atoms with van der Waals surface area (Å²) in [5.74, 6) is 0.302. The van der Waals surface area contributed by atoms with Crippen molar-refractivity contribution in [2.24, 2.45) is 0 Å². The van der Waals surface area contributed by atoms with Gasteiger partial charge in [-0.25, -0.2) is 9.97 Å². The van der Waals surface area contributed by atoms with Crippen LogP contribution in [-0.2, 0) is 4.79 Å². The van der Waals surface area contributed by atoms with E-state index >= 15 is 0 Å². The van der Waals surface area contributed by atoms with Gasteiger partial charge in [-0.3, -0.25) is 4.79 Å². The van der Waals surface area contributed by atoms with E-state index in [9.17, 15) is 4.79 Å². The van der Waals surface area contributed by atoms with Crippen molar-refractivity contribution in [2.75, 3.05) is 25.0 Å². The number of nitrogens with one attached hydrogen (secondary N) is 1. The molecule has 6 nitrogen and oxygen atoms in total. The van der Waals surface area contributed by atoms with Crippen LogP contribution in [0.2, 0.25) is 0 Å². The number of rotatable bonds is 5. The Balaban J connectivity index is 2.66. The normalized spacial score (nSPS) is 9.67. The van der Waals surface area contributed by atoms with Crippen molar-refractivity contribution in [3.05, 3.63) is 17.5 Å². The number of anilines is 1. The molecule has 1 aromatic heterocycles. The second-order valence-corrected chi connectivity index (χ2v) is 3.75. The molecule has 0 fully saturated rings. The monoisotopic (exact) mass is 247 g/mol. The van der Waals surface area contributed by atoms with Crippen LogP contribution in [0.4, 0.5) is 5.95 Å². The molecule has 0 aliphatic rings. The van der Waals surface area contributed by atoms with Crippen molar-refractivity contribution in [1.82, 2.24) is 14.9 Å². The van der Waals surface area contributed by atoms with Gasteiger partial charge in [-0.2, -0.15) is 5.26 Å². The predicted molar refractivity (Wildman–Crippen MR) is 67.9 cm³/mol. The van der Waals surface area contributed by atoms with Gasteiger partial charge in [-0.15, -0.1) is 0 Å². The highest BCUT2D eigenvalue weighted by Gasteiger charge is 2.10. The number of aromatic nitrogens is 2. The first-order valence-corrected chi connectivity index (χ1v) is 5.88. The Labute approximate surface area is 107 Å². The van der Waals surface area contributed by atoms with Crippen LogP contribution in [0.1, 0.15) is 25.2 Å². The molecule has 0 unspecified atom stereocenters. The van der Waals surface area contributed by atoms with Crippen molar-refractivity contribution in [2.45, 2.75) is 20.8 Å². The lowest BCUT2D eigenvalue weighted by Gasteiger charge is -2.18. The Morgan fingerprint density at radius 3 is 2.67 bits per heavy atom. The Bertz CT molecular complexity index is 462. The molecule has 1 heterocycles. The van der Waals surface area contributed by atoms with E-state index < -0.39 is 0 Å². The number of carbonyl (C=O) groups is 1. The summed E-state index contributed by atoms with van der Waals surface area (Å²) >= 11 is 0. The third-order valence-electron chi connectivity index (χ3n) is 2.48. The highest BCUT2D eigenvalue weighted by molar-refractivity contribution is 5.80. The molecule has 0 aliphatic carbocycles. The first kappa shape index (κ1) is 13.9. The van der Waals surface area contributed by atoms with Crippen LogP contribution in [0.15, 0.2) is 6.07 Å². The molecule has 0 atom stereocenters. The maximum absolute atomic E-state index is 11.8. The fraction of sp³-hybridized carbons (Fsp3) is 0.500. The van der Waals surface area contributed by atoms with Crippen molar-refractivity contribution in [3.8, 4) is 6.07 Å². The van der Waals surface area contributed by atoms with Gasteiger partial charge < -0.3 is 10.2 Å². The average molecular weight is 247 g/mol. The number of hydrogen-bond acceptors (Lipinski definition) is 5. The zero-order valence-electron chi connectivity index (χ0n) is 10.9. The summed E-state index contributed by atoms with van der Waals surface area (Å²) in [6.45, 7) is 7.12. The van der Waals surface area contributed by atoms with E-state index in [1.165, 1.54) is 0 Å². The Kier molecular flexibility index (Phi) is 5.06. The molecule has 18 heavy (non-hydrogen) atoms. The average Bonchev–Trinajstić information content (AvgIpc) is 2.37. The number of amides is 1. The third kappa shape index (κ3) is 3.70. The number of hydrogen-bond donors (Lipinski definition) is 1.